The van der Waals surface area contributed by atoms with E-state index < -0.39 is 0 Å². The Morgan fingerprint density at radius 3 is 1.22 bits per heavy atom. The summed E-state index contributed by atoms with van der Waals surface area (Å²) in [5, 5.41) is 0. The third-order valence-electron chi connectivity index (χ3n) is 3.08. The molecule has 2 amide bonds. The minimum absolute atomic E-state index is 0.187. The van der Waals surface area contributed by atoms with E-state index in [1.807, 2.05) is 0 Å². The maximum Gasteiger partial charge on any atom is 0.409 e. The van der Waals surface area contributed by atoms with E-state index in [2.05, 4.69) is 9.47 Å². The van der Waals surface area contributed by atoms with Crippen molar-refractivity contribution in [2.45, 2.75) is 25.7 Å². The highest BCUT2D eigenvalue weighted by Crippen LogP contribution is 2.08. The maximum absolute atomic E-state index is 10.7. The summed E-state index contributed by atoms with van der Waals surface area (Å²) in [7, 11) is 2.83. The van der Waals surface area contributed by atoms with Gasteiger partial charge in [0.25, 0.3) is 0 Å². The topological polar surface area (TPSA) is 59.1 Å². The Bertz CT molecular complexity index is 243. The lowest BCUT2D eigenvalue weighted by Crippen LogP contribution is -2.27. The Morgan fingerprint density at radius 1 is 0.722 bits per heavy atom. The van der Waals surface area contributed by atoms with Gasteiger partial charge < -0.3 is 19.3 Å². The summed E-state index contributed by atoms with van der Waals surface area (Å²) in [5.74, 6) is 0. The lowest BCUT2D eigenvalue weighted by atomic mass is 10.4. The molecular formula is C12H22N2O4. The van der Waals surface area contributed by atoms with Crippen molar-refractivity contribution in [3.05, 3.63) is 0 Å². The third-order valence-corrected chi connectivity index (χ3v) is 3.08. The zero-order valence-electron chi connectivity index (χ0n) is 11.2. The van der Waals surface area contributed by atoms with Crippen LogP contribution in [0.25, 0.3) is 0 Å². The number of amides is 2. The van der Waals surface area contributed by atoms with E-state index in [1.54, 1.807) is 9.80 Å². The predicted molar refractivity (Wildman–Crippen MR) is 66.4 cm³/mol. The number of hydrogen-bond acceptors (Lipinski definition) is 4. The molecule has 0 radical (unpaired) electrons. The average Bonchev–Trinajstić information content (AvgIpc) is 3.09. The number of methoxy groups -OCH3 is 2. The Morgan fingerprint density at radius 2 is 1.00 bits per heavy atom. The molecule has 2 aliphatic heterocycles. The van der Waals surface area contributed by atoms with Gasteiger partial charge in [0.1, 0.15) is 0 Å². The fourth-order valence-electron chi connectivity index (χ4n) is 2.06. The smallest absolute Gasteiger partial charge is 0.409 e. The van der Waals surface area contributed by atoms with Crippen LogP contribution in [0.3, 0.4) is 0 Å². The van der Waals surface area contributed by atoms with Crippen LogP contribution in [0.2, 0.25) is 0 Å². The molecule has 0 aromatic rings. The first-order valence-electron chi connectivity index (χ1n) is 6.35. The molecule has 2 heterocycles. The largest absolute Gasteiger partial charge is 0.453 e. The Balaban J connectivity index is 0.000000180. The van der Waals surface area contributed by atoms with Crippen LogP contribution in [0, 0.1) is 0 Å². The van der Waals surface area contributed by atoms with E-state index >= 15 is 0 Å². The monoisotopic (exact) mass is 258 g/mol. The number of carbonyl (C=O) groups is 2. The van der Waals surface area contributed by atoms with E-state index in [-0.39, 0.29) is 12.2 Å². The zero-order valence-corrected chi connectivity index (χ0v) is 11.2. The number of ether oxygens (including phenoxy) is 2. The molecule has 0 atom stereocenters. The molecule has 0 aromatic heterocycles. The van der Waals surface area contributed by atoms with Crippen molar-refractivity contribution in [2.75, 3.05) is 40.4 Å². The normalized spacial score (nSPS) is 18.1. The van der Waals surface area contributed by atoms with Crippen LogP contribution in [0.4, 0.5) is 9.59 Å². The van der Waals surface area contributed by atoms with E-state index in [0.29, 0.717) is 0 Å². The summed E-state index contributed by atoms with van der Waals surface area (Å²) in [6.07, 6.45) is 4.11. The average molecular weight is 258 g/mol. The van der Waals surface area contributed by atoms with Crippen molar-refractivity contribution >= 4 is 12.2 Å². The highest BCUT2D eigenvalue weighted by Gasteiger charge is 2.17. The Labute approximate surface area is 108 Å². The summed E-state index contributed by atoms with van der Waals surface area (Å²) >= 11 is 0. The number of rotatable bonds is 0. The summed E-state index contributed by atoms with van der Waals surface area (Å²) in [6.45, 7) is 3.47. The van der Waals surface area contributed by atoms with Gasteiger partial charge in [-0.15, -0.1) is 0 Å². The highest BCUT2D eigenvalue weighted by molar-refractivity contribution is 5.67. The zero-order chi connectivity index (χ0) is 13.4. The lowest BCUT2D eigenvalue weighted by molar-refractivity contribution is 0.132. The van der Waals surface area contributed by atoms with Gasteiger partial charge in [-0.2, -0.15) is 0 Å². The molecule has 2 fully saturated rings. The van der Waals surface area contributed by atoms with Gasteiger partial charge in [0.15, 0.2) is 0 Å². The second-order valence-corrected chi connectivity index (χ2v) is 4.33. The molecule has 6 nitrogen and oxygen atoms in total. The van der Waals surface area contributed by atoms with E-state index in [1.165, 1.54) is 14.2 Å². The van der Waals surface area contributed by atoms with Crippen LogP contribution in [0.15, 0.2) is 0 Å². The molecule has 0 aliphatic carbocycles. The van der Waals surface area contributed by atoms with Crippen LogP contribution < -0.4 is 0 Å². The highest BCUT2D eigenvalue weighted by atomic mass is 16.5. The molecule has 2 saturated heterocycles. The standard InChI is InChI=1S/2C6H11NO2/c2*1-9-6(8)7-4-2-3-5-7/h2*2-5H2,1H3. The van der Waals surface area contributed by atoms with Gasteiger partial charge in [0.05, 0.1) is 14.2 Å². The maximum atomic E-state index is 10.7. The van der Waals surface area contributed by atoms with E-state index in [4.69, 9.17) is 0 Å². The quantitative estimate of drug-likeness (QED) is 0.663. The molecule has 0 spiro atoms. The lowest BCUT2D eigenvalue weighted by Gasteiger charge is -2.11. The molecule has 18 heavy (non-hydrogen) atoms. The number of carbonyl (C=O) groups excluding carboxylic acids is 2. The van der Waals surface area contributed by atoms with Crippen molar-refractivity contribution in [1.82, 2.24) is 9.80 Å². The third kappa shape index (κ3) is 4.43. The first kappa shape index (κ1) is 14.6. The Kier molecular flexibility index (Phi) is 6.32. The van der Waals surface area contributed by atoms with Gasteiger partial charge in [0, 0.05) is 26.2 Å². The predicted octanol–water partition coefficient (Wildman–Crippen LogP) is 1.70. The van der Waals surface area contributed by atoms with Gasteiger partial charge in [-0.05, 0) is 25.7 Å². The fraction of sp³-hybridized carbons (Fsp3) is 0.833. The second kappa shape index (κ2) is 7.79. The van der Waals surface area contributed by atoms with Crippen LogP contribution in [-0.2, 0) is 9.47 Å². The molecule has 0 unspecified atom stereocenters. The molecule has 2 rings (SSSR count). The fourth-order valence-corrected chi connectivity index (χ4v) is 2.06. The molecule has 2 aliphatic rings. The van der Waals surface area contributed by atoms with Gasteiger partial charge in [0.2, 0.25) is 0 Å². The second-order valence-electron chi connectivity index (χ2n) is 4.33. The van der Waals surface area contributed by atoms with Gasteiger partial charge in [-0.3, -0.25) is 0 Å². The summed E-state index contributed by atoms with van der Waals surface area (Å²) in [6, 6.07) is 0. The summed E-state index contributed by atoms with van der Waals surface area (Å²) in [4.78, 5) is 24.9. The molecule has 0 aromatic carbocycles. The van der Waals surface area contributed by atoms with E-state index in [0.717, 1.165) is 51.9 Å². The van der Waals surface area contributed by atoms with Crippen LogP contribution >= 0.6 is 0 Å². The van der Waals surface area contributed by atoms with Crippen LogP contribution in [-0.4, -0.2) is 62.4 Å². The molecule has 0 bridgehead atoms. The molecular weight excluding hydrogens is 236 g/mol. The van der Waals surface area contributed by atoms with Crippen molar-refractivity contribution in [2.24, 2.45) is 0 Å². The van der Waals surface area contributed by atoms with Crippen LogP contribution in [0.1, 0.15) is 25.7 Å². The minimum atomic E-state index is -0.187. The number of likely N-dealkylation sites (tertiary alicyclic amines) is 2. The SMILES string of the molecule is COC(=O)N1CCCC1.COC(=O)N1CCCC1. The van der Waals surface area contributed by atoms with Gasteiger partial charge in [-0.25, -0.2) is 9.59 Å². The Hall–Kier alpha value is -1.46. The number of hydrogen-bond donors (Lipinski definition) is 0. The minimum Gasteiger partial charge on any atom is -0.453 e. The summed E-state index contributed by atoms with van der Waals surface area (Å²) in [5.41, 5.74) is 0. The van der Waals surface area contributed by atoms with Gasteiger partial charge in [-0.1, -0.05) is 0 Å². The van der Waals surface area contributed by atoms with Crippen molar-refractivity contribution in [3.63, 3.8) is 0 Å². The molecule has 0 saturated carbocycles. The summed E-state index contributed by atoms with van der Waals surface area (Å²) < 4.78 is 9.04. The molecule has 104 valence electrons. The van der Waals surface area contributed by atoms with Crippen molar-refractivity contribution in [1.29, 1.82) is 0 Å². The van der Waals surface area contributed by atoms with Gasteiger partial charge >= 0.3 is 12.2 Å². The van der Waals surface area contributed by atoms with E-state index in [9.17, 15) is 9.59 Å². The number of nitrogens with zero attached hydrogens (tertiary/aromatic N) is 2. The molecule has 0 N–H and O–H groups in total. The van der Waals surface area contributed by atoms with Crippen molar-refractivity contribution < 1.29 is 19.1 Å². The molecule has 6 heteroatoms. The first-order chi connectivity index (χ1) is 8.69. The van der Waals surface area contributed by atoms with Crippen molar-refractivity contribution in [3.8, 4) is 0 Å². The van der Waals surface area contributed by atoms with Crippen LogP contribution in [0.5, 0.6) is 0 Å². The first-order valence-corrected chi connectivity index (χ1v) is 6.35.